The molecule has 12 nitrogen and oxygen atoms in total. The molecule has 3 aromatic carbocycles. The van der Waals surface area contributed by atoms with E-state index >= 15 is 0 Å². The van der Waals surface area contributed by atoms with E-state index in [9.17, 15) is 13.2 Å². The van der Waals surface area contributed by atoms with Crippen LogP contribution in [0.4, 0.5) is 11.4 Å². The van der Waals surface area contributed by atoms with Gasteiger partial charge in [0.2, 0.25) is 10.0 Å². The first-order chi connectivity index (χ1) is 24.2. The molecule has 1 aliphatic rings. The molecule has 0 unspecified atom stereocenters. The lowest BCUT2D eigenvalue weighted by Gasteiger charge is -2.32. The number of hydrogen-bond donors (Lipinski definition) is 2. The molecule has 2 N–H and O–H groups in total. The van der Waals surface area contributed by atoms with Crippen molar-refractivity contribution in [2.24, 2.45) is 0 Å². The quantitative estimate of drug-likeness (QED) is 0.167. The number of aryl methyl sites for hydroxylation is 1. The average molecular weight is 711 g/mol. The molecule has 0 aliphatic carbocycles. The van der Waals surface area contributed by atoms with Gasteiger partial charge in [0.15, 0.2) is 5.75 Å². The van der Waals surface area contributed by atoms with Crippen molar-refractivity contribution in [1.82, 2.24) is 29.7 Å². The van der Waals surface area contributed by atoms with Gasteiger partial charge in [-0.2, -0.15) is 5.10 Å². The smallest absolute Gasteiger partial charge is 0.255 e. The zero-order chi connectivity index (χ0) is 36.5. The van der Waals surface area contributed by atoms with Crippen molar-refractivity contribution in [2.75, 3.05) is 36.5 Å². The second kappa shape index (κ2) is 14.3. The number of aromatic nitrogens is 5. The Morgan fingerprint density at radius 3 is 2.37 bits per heavy atom. The van der Waals surface area contributed by atoms with Gasteiger partial charge in [-0.1, -0.05) is 62.4 Å². The number of hydrogen-bond acceptors (Lipinski definition) is 8. The number of nitrogens with one attached hydrogen (secondary N) is 2. The van der Waals surface area contributed by atoms with Crippen LogP contribution >= 0.6 is 0 Å². The van der Waals surface area contributed by atoms with Gasteiger partial charge in [-0.15, -0.1) is 5.10 Å². The number of carbonyl (C=O) groups excluding carboxylic acids is 1. The SMILES string of the molecule is COc1c(NC(=O)c2ccc(C)c(-n3cc(-c4cnn(C5CCN(Cc6ccccc6)CC5)c4C)nn3)c2)cc(C(C)(C)C)cc1NS(C)(=O)=O. The number of rotatable bonds is 10. The summed E-state index contributed by atoms with van der Waals surface area (Å²) in [5.74, 6) is -0.179. The second-order valence-corrected chi connectivity index (χ2v) is 16.1. The predicted octanol–water partition coefficient (Wildman–Crippen LogP) is 6.51. The van der Waals surface area contributed by atoms with Crippen molar-refractivity contribution in [2.45, 2.75) is 65.5 Å². The van der Waals surface area contributed by atoms with E-state index in [4.69, 9.17) is 9.84 Å². The summed E-state index contributed by atoms with van der Waals surface area (Å²) in [6.45, 7) is 13.0. The lowest BCUT2D eigenvalue weighted by molar-refractivity contribution is 0.102. The van der Waals surface area contributed by atoms with E-state index in [2.05, 4.69) is 67.2 Å². The number of methoxy groups -OCH3 is 1. The molecular formula is C38H46N8O4S. The molecule has 2 aromatic heterocycles. The van der Waals surface area contributed by atoms with Crippen LogP contribution in [-0.4, -0.2) is 70.5 Å². The minimum Gasteiger partial charge on any atom is -0.492 e. The zero-order valence-electron chi connectivity index (χ0n) is 30.3. The van der Waals surface area contributed by atoms with Gasteiger partial charge in [0, 0.05) is 36.5 Å². The van der Waals surface area contributed by atoms with Crippen LogP contribution < -0.4 is 14.8 Å². The van der Waals surface area contributed by atoms with E-state index in [1.807, 2.05) is 46.2 Å². The first kappa shape index (κ1) is 35.8. The third-order valence-electron chi connectivity index (χ3n) is 9.39. The molecule has 1 fully saturated rings. The highest BCUT2D eigenvalue weighted by Crippen LogP contribution is 2.39. The Balaban J connectivity index is 1.20. The number of carbonyl (C=O) groups is 1. The van der Waals surface area contributed by atoms with E-state index in [1.54, 1.807) is 28.9 Å². The molecule has 6 rings (SSSR count). The summed E-state index contributed by atoms with van der Waals surface area (Å²) in [5.41, 5.74) is 7.07. The Bertz CT molecular complexity index is 2140. The average Bonchev–Trinajstić information content (AvgIpc) is 3.71. The number of likely N-dealkylation sites (tertiary alicyclic amines) is 1. The highest BCUT2D eigenvalue weighted by Gasteiger charge is 2.25. The van der Waals surface area contributed by atoms with Crippen molar-refractivity contribution < 1.29 is 17.9 Å². The van der Waals surface area contributed by atoms with Crippen LogP contribution in [0.25, 0.3) is 16.9 Å². The molecule has 268 valence electrons. The van der Waals surface area contributed by atoms with Crippen LogP contribution in [0, 0.1) is 13.8 Å². The number of sulfonamides is 1. The Labute approximate surface area is 299 Å². The molecule has 1 aliphatic heterocycles. The largest absolute Gasteiger partial charge is 0.492 e. The van der Waals surface area contributed by atoms with Crippen LogP contribution in [0.1, 0.15) is 72.4 Å². The number of amides is 1. The highest BCUT2D eigenvalue weighted by molar-refractivity contribution is 7.92. The molecule has 1 saturated heterocycles. The monoisotopic (exact) mass is 710 g/mol. The molecule has 0 saturated carbocycles. The minimum atomic E-state index is -3.61. The number of piperidine rings is 1. The van der Waals surface area contributed by atoms with E-state index < -0.39 is 15.9 Å². The molecule has 1 amide bonds. The van der Waals surface area contributed by atoms with E-state index in [0.717, 1.165) is 61.1 Å². The standard InChI is InChI=1S/C38H46N8O4S/c1-25-13-14-28(37(47)40-32-20-29(38(3,4)5)21-33(36(32)50-6)42-51(7,48)49)19-35(25)45-24-34(41-43-45)31-22-39-46(26(31)2)30-15-17-44(18-16-30)23-27-11-9-8-10-12-27/h8-14,19-22,24,30,42H,15-18,23H2,1-7H3,(H,40,47). The van der Waals surface area contributed by atoms with Gasteiger partial charge in [-0.3, -0.25) is 19.1 Å². The van der Waals surface area contributed by atoms with Crippen LogP contribution in [0.3, 0.4) is 0 Å². The summed E-state index contributed by atoms with van der Waals surface area (Å²) >= 11 is 0. The van der Waals surface area contributed by atoms with Gasteiger partial charge < -0.3 is 10.1 Å². The fraction of sp³-hybridized carbons (Fsp3) is 0.368. The first-order valence-electron chi connectivity index (χ1n) is 17.1. The predicted molar refractivity (Wildman–Crippen MR) is 200 cm³/mol. The summed E-state index contributed by atoms with van der Waals surface area (Å²) in [6, 6.07) is 19.8. The van der Waals surface area contributed by atoms with Gasteiger partial charge >= 0.3 is 0 Å². The Hall–Kier alpha value is -5.01. The number of anilines is 2. The van der Waals surface area contributed by atoms with Crippen LogP contribution in [-0.2, 0) is 22.0 Å². The maximum atomic E-state index is 13.7. The maximum Gasteiger partial charge on any atom is 0.255 e. The van der Waals surface area contributed by atoms with E-state index in [1.165, 1.54) is 12.7 Å². The number of benzene rings is 3. The number of ether oxygens (including phenoxy) is 1. The Morgan fingerprint density at radius 1 is 1.00 bits per heavy atom. The zero-order valence-corrected chi connectivity index (χ0v) is 31.1. The Kier molecular flexibility index (Phi) is 10.0. The summed E-state index contributed by atoms with van der Waals surface area (Å²) in [7, 11) is -2.18. The third-order valence-corrected chi connectivity index (χ3v) is 9.98. The molecule has 0 bridgehead atoms. The summed E-state index contributed by atoms with van der Waals surface area (Å²) in [5, 5.41) is 16.7. The number of nitrogens with zero attached hydrogens (tertiary/aromatic N) is 6. The van der Waals surface area contributed by atoms with Gasteiger partial charge in [-0.25, -0.2) is 13.1 Å². The normalized spacial score (nSPS) is 14.4. The molecule has 0 atom stereocenters. The lowest BCUT2D eigenvalue weighted by Crippen LogP contribution is -2.34. The summed E-state index contributed by atoms with van der Waals surface area (Å²) in [6.07, 6.45) is 6.85. The van der Waals surface area contributed by atoms with Gasteiger partial charge in [0.1, 0.15) is 5.69 Å². The highest BCUT2D eigenvalue weighted by atomic mass is 32.2. The first-order valence-corrected chi connectivity index (χ1v) is 18.9. The fourth-order valence-electron chi connectivity index (χ4n) is 6.55. The van der Waals surface area contributed by atoms with Gasteiger partial charge in [0.25, 0.3) is 5.91 Å². The molecule has 0 radical (unpaired) electrons. The van der Waals surface area contributed by atoms with Crippen LogP contribution in [0.15, 0.2) is 73.1 Å². The van der Waals surface area contributed by atoms with Crippen LogP contribution in [0.5, 0.6) is 5.75 Å². The Morgan fingerprint density at radius 2 is 1.71 bits per heavy atom. The minimum absolute atomic E-state index is 0.212. The fourth-order valence-corrected chi connectivity index (χ4v) is 7.10. The van der Waals surface area contributed by atoms with Crippen molar-refractivity contribution >= 4 is 27.3 Å². The molecule has 0 spiro atoms. The van der Waals surface area contributed by atoms with Crippen molar-refractivity contribution in [3.63, 3.8) is 0 Å². The van der Waals surface area contributed by atoms with Gasteiger partial charge in [-0.05, 0) is 73.1 Å². The maximum absolute atomic E-state index is 13.7. The van der Waals surface area contributed by atoms with Crippen molar-refractivity contribution in [1.29, 1.82) is 0 Å². The molecule has 5 aromatic rings. The van der Waals surface area contributed by atoms with Gasteiger partial charge in [0.05, 0.1) is 48.9 Å². The summed E-state index contributed by atoms with van der Waals surface area (Å²) in [4.78, 5) is 16.2. The van der Waals surface area contributed by atoms with Crippen molar-refractivity contribution in [3.8, 4) is 22.7 Å². The topological polar surface area (TPSA) is 136 Å². The second-order valence-electron chi connectivity index (χ2n) is 14.3. The summed E-state index contributed by atoms with van der Waals surface area (Å²) < 4.78 is 36.2. The van der Waals surface area contributed by atoms with Crippen LogP contribution in [0.2, 0.25) is 0 Å². The molecule has 3 heterocycles. The third kappa shape index (κ3) is 8.15. The van der Waals surface area contributed by atoms with Crippen molar-refractivity contribution in [3.05, 3.63) is 101 Å². The molecule has 13 heteroatoms. The van der Waals surface area contributed by atoms with E-state index in [-0.39, 0.29) is 16.9 Å². The molecular weight excluding hydrogens is 665 g/mol. The lowest BCUT2D eigenvalue weighted by atomic mass is 9.86. The van der Waals surface area contributed by atoms with E-state index in [0.29, 0.717) is 28.7 Å². The molecule has 51 heavy (non-hydrogen) atoms.